The average molecular weight is 287 g/mol. The molecule has 0 saturated carbocycles. The molecule has 21 heavy (non-hydrogen) atoms. The lowest BCUT2D eigenvalue weighted by molar-refractivity contribution is 0.309. The third-order valence-corrected chi connectivity index (χ3v) is 3.75. The average Bonchev–Trinajstić information content (AvgIpc) is 2.96. The van der Waals surface area contributed by atoms with Crippen molar-refractivity contribution in [2.24, 2.45) is 0 Å². The van der Waals surface area contributed by atoms with Crippen LogP contribution in [0.5, 0.6) is 5.75 Å². The van der Waals surface area contributed by atoms with Gasteiger partial charge in [0.2, 0.25) is 0 Å². The number of aromatic nitrogens is 3. The van der Waals surface area contributed by atoms with Crippen molar-refractivity contribution in [3.63, 3.8) is 0 Å². The molecule has 0 aliphatic carbocycles. The van der Waals surface area contributed by atoms with Crippen LogP contribution in [0.4, 0.5) is 0 Å². The number of aromatic amines is 1. The molecule has 0 bridgehead atoms. The normalized spacial score (nSPS) is 12.4. The van der Waals surface area contributed by atoms with Gasteiger partial charge in [-0.1, -0.05) is 31.5 Å². The van der Waals surface area contributed by atoms with E-state index in [4.69, 9.17) is 4.74 Å². The zero-order valence-electron chi connectivity index (χ0n) is 13.4. The summed E-state index contributed by atoms with van der Waals surface area (Å²) in [7, 11) is 0. The second-order valence-electron chi connectivity index (χ2n) is 5.62. The molecule has 0 aliphatic rings. The largest absolute Gasteiger partial charge is 0.493 e. The minimum absolute atomic E-state index is 0.403. The number of nitrogens with zero attached hydrogens (tertiary/aromatic N) is 2. The van der Waals surface area contributed by atoms with Crippen LogP contribution in [0.2, 0.25) is 0 Å². The van der Waals surface area contributed by atoms with E-state index < -0.39 is 0 Å². The van der Waals surface area contributed by atoms with E-state index in [0.717, 1.165) is 37.3 Å². The lowest BCUT2D eigenvalue weighted by Crippen LogP contribution is -2.08. The maximum atomic E-state index is 6.03. The van der Waals surface area contributed by atoms with E-state index in [9.17, 15) is 0 Å². The SMILES string of the molecule is CCCOc1c(C)cc(C)cc1C(CC)Cc1cn[nH]n1. The maximum Gasteiger partial charge on any atom is 0.125 e. The van der Waals surface area contributed by atoms with Gasteiger partial charge in [0.1, 0.15) is 5.75 Å². The van der Waals surface area contributed by atoms with Gasteiger partial charge in [-0.3, -0.25) is 0 Å². The van der Waals surface area contributed by atoms with Gasteiger partial charge in [-0.05, 0) is 43.7 Å². The van der Waals surface area contributed by atoms with Crippen LogP contribution < -0.4 is 4.74 Å². The molecular formula is C17H25N3O. The second-order valence-corrected chi connectivity index (χ2v) is 5.62. The first-order valence-corrected chi connectivity index (χ1v) is 7.74. The highest BCUT2D eigenvalue weighted by molar-refractivity contribution is 5.46. The molecule has 1 heterocycles. The molecule has 4 heteroatoms. The van der Waals surface area contributed by atoms with E-state index in [1.54, 1.807) is 6.20 Å². The summed E-state index contributed by atoms with van der Waals surface area (Å²) in [6.45, 7) is 9.38. The monoisotopic (exact) mass is 287 g/mol. The van der Waals surface area contributed by atoms with Crippen LogP contribution in [0.1, 0.15) is 55.0 Å². The number of ether oxygens (including phenoxy) is 1. The molecule has 0 fully saturated rings. The third-order valence-electron chi connectivity index (χ3n) is 3.75. The van der Waals surface area contributed by atoms with Gasteiger partial charge >= 0.3 is 0 Å². The number of nitrogens with one attached hydrogen (secondary N) is 1. The maximum absolute atomic E-state index is 6.03. The lowest BCUT2D eigenvalue weighted by Gasteiger charge is -2.21. The molecule has 2 aromatic rings. The fourth-order valence-corrected chi connectivity index (χ4v) is 2.74. The number of rotatable bonds is 7. The molecule has 4 nitrogen and oxygen atoms in total. The topological polar surface area (TPSA) is 50.8 Å². The van der Waals surface area contributed by atoms with Crippen LogP contribution in [-0.2, 0) is 6.42 Å². The van der Waals surface area contributed by atoms with Gasteiger partial charge in [0, 0.05) is 6.42 Å². The highest BCUT2D eigenvalue weighted by atomic mass is 16.5. The van der Waals surface area contributed by atoms with Crippen molar-refractivity contribution >= 4 is 0 Å². The smallest absolute Gasteiger partial charge is 0.125 e. The van der Waals surface area contributed by atoms with Crippen molar-refractivity contribution < 1.29 is 4.74 Å². The summed E-state index contributed by atoms with van der Waals surface area (Å²) in [4.78, 5) is 0. The highest BCUT2D eigenvalue weighted by Gasteiger charge is 2.18. The summed E-state index contributed by atoms with van der Waals surface area (Å²) in [6.07, 6.45) is 4.77. The Bertz CT molecular complexity index is 564. The standard InChI is InChI=1S/C17H25N3O/c1-5-7-21-17-13(4)8-12(3)9-16(17)14(6-2)10-15-11-18-20-19-15/h8-9,11,14H,5-7,10H2,1-4H3,(H,18,19,20). The van der Waals surface area contributed by atoms with Crippen molar-refractivity contribution in [2.75, 3.05) is 6.61 Å². The Morgan fingerprint density at radius 2 is 2.05 bits per heavy atom. The molecule has 1 aromatic heterocycles. The molecule has 0 saturated heterocycles. The first-order chi connectivity index (χ1) is 10.2. The molecule has 0 aliphatic heterocycles. The van der Waals surface area contributed by atoms with Crippen LogP contribution in [-0.4, -0.2) is 22.0 Å². The minimum atomic E-state index is 0.403. The molecule has 1 atom stereocenters. The summed E-state index contributed by atoms with van der Waals surface area (Å²) in [5.74, 6) is 1.46. The van der Waals surface area contributed by atoms with Gasteiger partial charge in [-0.2, -0.15) is 15.4 Å². The Morgan fingerprint density at radius 1 is 1.24 bits per heavy atom. The zero-order valence-corrected chi connectivity index (χ0v) is 13.4. The predicted molar refractivity (Wildman–Crippen MR) is 84.8 cm³/mol. The quantitative estimate of drug-likeness (QED) is 0.839. The third kappa shape index (κ3) is 3.84. The van der Waals surface area contributed by atoms with Gasteiger partial charge in [-0.15, -0.1) is 0 Å². The van der Waals surface area contributed by atoms with Gasteiger partial charge < -0.3 is 4.74 Å². The fraction of sp³-hybridized carbons (Fsp3) is 0.529. The fourth-order valence-electron chi connectivity index (χ4n) is 2.74. The van der Waals surface area contributed by atoms with Gasteiger partial charge in [0.05, 0.1) is 18.5 Å². The van der Waals surface area contributed by atoms with Gasteiger partial charge in [0.25, 0.3) is 0 Å². The van der Waals surface area contributed by atoms with Gasteiger partial charge in [-0.25, -0.2) is 0 Å². The van der Waals surface area contributed by atoms with E-state index >= 15 is 0 Å². The Morgan fingerprint density at radius 3 is 2.67 bits per heavy atom. The first kappa shape index (κ1) is 15.5. The Hall–Kier alpha value is -1.84. The number of benzene rings is 1. The molecule has 1 N–H and O–H groups in total. The Labute approximate surface area is 126 Å². The van der Waals surface area contributed by atoms with E-state index in [-0.39, 0.29) is 0 Å². The van der Waals surface area contributed by atoms with Crippen LogP contribution >= 0.6 is 0 Å². The molecule has 0 spiro atoms. The lowest BCUT2D eigenvalue weighted by atomic mass is 9.89. The first-order valence-electron chi connectivity index (χ1n) is 7.74. The van der Waals surface area contributed by atoms with Gasteiger partial charge in [0.15, 0.2) is 0 Å². The molecular weight excluding hydrogens is 262 g/mol. The molecule has 0 radical (unpaired) electrons. The van der Waals surface area contributed by atoms with Crippen molar-refractivity contribution in [2.45, 2.75) is 52.9 Å². The number of aryl methyl sites for hydroxylation is 2. The Kier molecular flexibility index (Phi) is 5.37. The summed E-state index contributed by atoms with van der Waals surface area (Å²) in [5.41, 5.74) is 4.80. The summed E-state index contributed by atoms with van der Waals surface area (Å²) >= 11 is 0. The van der Waals surface area contributed by atoms with Crippen molar-refractivity contribution in [1.29, 1.82) is 0 Å². The Balaban J connectivity index is 2.33. The summed E-state index contributed by atoms with van der Waals surface area (Å²) < 4.78 is 6.03. The van der Waals surface area contributed by atoms with E-state index in [2.05, 4.69) is 55.2 Å². The van der Waals surface area contributed by atoms with Crippen LogP contribution in [0, 0.1) is 13.8 Å². The van der Waals surface area contributed by atoms with Crippen molar-refractivity contribution in [1.82, 2.24) is 15.4 Å². The molecule has 2 rings (SSSR count). The predicted octanol–water partition coefficient (Wildman–Crippen LogP) is 3.95. The zero-order chi connectivity index (χ0) is 15.2. The minimum Gasteiger partial charge on any atom is -0.493 e. The van der Waals surface area contributed by atoms with Crippen LogP contribution in [0.25, 0.3) is 0 Å². The molecule has 114 valence electrons. The molecule has 1 unspecified atom stereocenters. The van der Waals surface area contributed by atoms with Crippen molar-refractivity contribution in [3.05, 3.63) is 40.7 Å². The highest BCUT2D eigenvalue weighted by Crippen LogP contribution is 2.35. The number of hydrogen-bond donors (Lipinski definition) is 1. The van der Waals surface area contributed by atoms with Crippen molar-refractivity contribution in [3.8, 4) is 5.75 Å². The number of hydrogen-bond acceptors (Lipinski definition) is 3. The summed E-state index contributed by atoms with van der Waals surface area (Å²) in [5, 5.41) is 10.8. The van der Waals surface area contributed by atoms with Crippen LogP contribution in [0.15, 0.2) is 18.3 Å². The summed E-state index contributed by atoms with van der Waals surface area (Å²) in [6, 6.07) is 4.45. The van der Waals surface area contributed by atoms with Crippen LogP contribution in [0.3, 0.4) is 0 Å². The number of H-pyrrole nitrogens is 1. The second kappa shape index (κ2) is 7.25. The molecule has 1 aromatic carbocycles. The van der Waals surface area contributed by atoms with E-state index in [0.29, 0.717) is 5.92 Å². The van der Waals surface area contributed by atoms with E-state index in [1.807, 2.05) is 0 Å². The van der Waals surface area contributed by atoms with E-state index in [1.165, 1.54) is 16.7 Å². The molecule has 0 amide bonds.